The zero-order valence-corrected chi connectivity index (χ0v) is 18.8. The number of hydrogen-bond donors (Lipinski definition) is 3. The SMILES string of the molecule is CC[C@@H](CC(=O)NC(CC1CC1)C(=O)O)NC(=O)OCC1c2ccccc2-c2ccccc21. The molecule has 2 aliphatic carbocycles. The van der Waals surface area contributed by atoms with Gasteiger partial charge < -0.3 is 20.5 Å². The first-order chi connectivity index (χ1) is 16.0. The lowest BCUT2D eigenvalue weighted by Crippen LogP contribution is -2.45. The van der Waals surface area contributed by atoms with Gasteiger partial charge in [-0.25, -0.2) is 9.59 Å². The third-order valence-corrected chi connectivity index (χ3v) is 6.49. The Bertz CT molecular complexity index is 987. The number of benzene rings is 2. The Labute approximate surface area is 193 Å². The summed E-state index contributed by atoms with van der Waals surface area (Å²) >= 11 is 0. The number of carbonyl (C=O) groups is 3. The van der Waals surface area contributed by atoms with Crippen LogP contribution < -0.4 is 10.6 Å². The summed E-state index contributed by atoms with van der Waals surface area (Å²) in [5, 5.41) is 14.7. The van der Waals surface area contributed by atoms with Gasteiger partial charge in [-0.3, -0.25) is 4.79 Å². The predicted molar refractivity (Wildman–Crippen MR) is 124 cm³/mol. The van der Waals surface area contributed by atoms with Gasteiger partial charge in [0.25, 0.3) is 0 Å². The Hall–Kier alpha value is -3.35. The molecule has 0 heterocycles. The van der Waals surface area contributed by atoms with Gasteiger partial charge in [-0.2, -0.15) is 0 Å². The lowest BCUT2D eigenvalue weighted by molar-refractivity contribution is -0.142. The normalized spacial score (nSPS) is 16.3. The molecule has 0 bridgehead atoms. The highest BCUT2D eigenvalue weighted by Gasteiger charge is 2.31. The summed E-state index contributed by atoms with van der Waals surface area (Å²) in [5.41, 5.74) is 4.58. The second-order valence-corrected chi connectivity index (χ2v) is 8.92. The molecule has 2 aromatic carbocycles. The number of carboxylic acids is 1. The van der Waals surface area contributed by atoms with Crippen molar-refractivity contribution in [2.45, 2.75) is 57.0 Å². The molecule has 174 valence electrons. The van der Waals surface area contributed by atoms with Crippen LogP contribution >= 0.6 is 0 Å². The molecule has 2 atom stereocenters. The van der Waals surface area contributed by atoms with Crippen LogP contribution in [0.15, 0.2) is 48.5 Å². The lowest BCUT2D eigenvalue weighted by Gasteiger charge is -2.20. The van der Waals surface area contributed by atoms with Crippen LogP contribution in [0.2, 0.25) is 0 Å². The first-order valence-corrected chi connectivity index (χ1v) is 11.6. The smallest absolute Gasteiger partial charge is 0.407 e. The van der Waals surface area contributed by atoms with Crippen molar-refractivity contribution >= 4 is 18.0 Å². The number of nitrogens with one attached hydrogen (secondary N) is 2. The van der Waals surface area contributed by atoms with Gasteiger partial charge in [0.05, 0.1) is 0 Å². The average Bonchev–Trinajstić information content (AvgIpc) is 3.57. The number of aliphatic carboxylic acids is 1. The Morgan fingerprint density at radius 1 is 1.00 bits per heavy atom. The molecule has 0 radical (unpaired) electrons. The molecule has 7 heteroatoms. The van der Waals surface area contributed by atoms with Gasteiger partial charge in [0.1, 0.15) is 12.6 Å². The van der Waals surface area contributed by atoms with E-state index in [0.717, 1.165) is 35.1 Å². The van der Waals surface area contributed by atoms with Crippen LogP contribution in [-0.4, -0.2) is 41.8 Å². The van der Waals surface area contributed by atoms with Crippen LogP contribution in [0.5, 0.6) is 0 Å². The highest BCUT2D eigenvalue weighted by atomic mass is 16.5. The minimum absolute atomic E-state index is 0.00907. The Morgan fingerprint density at radius 3 is 2.15 bits per heavy atom. The van der Waals surface area contributed by atoms with Gasteiger partial charge in [-0.05, 0) is 41.0 Å². The van der Waals surface area contributed by atoms with Gasteiger partial charge in [-0.1, -0.05) is 68.3 Å². The maximum absolute atomic E-state index is 12.5. The fourth-order valence-electron chi connectivity index (χ4n) is 4.49. The molecule has 3 N–H and O–H groups in total. The van der Waals surface area contributed by atoms with Crippen LogP contribution in [0.3, 0.4) is 0 Å². The molecule has 2 aromatic rings. The fourth-order valence-corrected chi connectivity index (χ4v) is 4.49. The van der Waals surface area contributed by atoms with E-state index < -0.39 is 24.1 Å². The van der Waals surface area contributed by atoms with Crippen LogP contribution in [-0.2, 0) is 14.3 Å². The molecule has 4 rings (SSSR count). The second kappa shape index (κ2) is 10.1. The van der Waals surface area contributed by atoms with Crippen molar-refractivity contribution in [3.05, 3.63) is 59.7 Å². The number of fused-ring (bicyclic) bond motifs is 3. The van der Waals surface area contributed by atoms with Crippen LogP contribution in [0.1, 0.15) is 56.1 Å². The molecule has 0 aromatic heterocycles. The number of hydrogen-bond acceptors (Lipinski definition) is 4. The molecule has 1 unspecified atom stereocenters. The minimum atomic E-state index is -1.02. The number of alkyl carbamates (subject to hydrolysis) is 1. The molecule has 1 fully saturated rings. The van der Waals surface area contributed by atoms with Gasteiger partial charge >= 0.3 is 12.1 Å². The molecule has 0 saturated heterocycles. The molecule has 2 aliphatic rings. The number of carbonyl (C=O) groups excluding carboxylic acids is 2. The lowest BCUT2D eigenvalue weighted by atomic mass is 9.98. The Balaban J connectivity index is 1.30. The van der Waals surface area contributed by atoms with Crippen LogP contribution in [0, 0.1) is 5.92 Å². The standard InChI is InChI=1S/C26H30N2O5/c1-2-17(14-24(29)28-23(25(30)31)13-16-11-12-16)27-26(32)33-15-22-20-9-5-3-7-18(20)19-8-4-6-10-21(19)22/h3-10,16-17,22-23H,2,11-15H2,1H3,(H,27,32)(H,28,29)(H,30,31)/t17-,23?/m0/s1. The zero-order chi connectivity index (χ0) is 23.4. The quantitative estimate of drug-likeness (QED) is 0.506. The molecular formula is C26H30N2O5. The molecule has 1 saturated carbocycles. The molecular weight excluding hydrogens is 420 g/mol. The first kappa shape index (κ1) is 22.8. The highest BCUT2D eigenvalue weighted by Crippen LogP contribution is 2.44. The molecule has 33 heavy (non-hydrogen) atoms. The molecule has 0 spiro atoms. The number of carboxylic acid groups (broad SMARTS) is 1. The van der Waals surface area contributed by atoms with Crippen molar-refractivity contribution in [2.24, 2.45) is 5.92 Å². The summed E-state index contributed by atoms with van der Waals surface area (Å²) in [5.74, 6) is -1.06. The van der Waals surface area contributed by atoms with Gasteiger partial charge in [0.2, 0.25) is 5.91 Å². The Morgan fingerprint density at radius 2 is 1.61 bits per heavy atom. The predicted octanol–water partition coefficient (Wildman–Crippen LogP) is 4.06. The summed E-state index contributed by atoms with van der Waals surface area (Å²) in [7, 11) is 0. The van der Waals surface area contributed by atoms with Crippen molar-refractivity contribution in [2.75, 3.05) is 6.61 Å². The first-order valence-electron chi connectivity index (χ1n) is 11.6. The third kappa shape index (κ3) is 5.53. The van der Waals surface area contributed by atoms with E-state index in [1.165, 1.54) is 0 Å². The van der Waals surface area contributed by atoms with Crippen LogP contribution in [0.4, 0.5) is 4.79 Å². The van der Waals surface area contributed by atoms with Crippen molar-refractivity contribution in [1.29, 1.82) is 0 Å². The summed E-state index contributed by atoms with van der Waals surface area (Å²) < 4.78 is 5.56. The summed E-state index contributed by atoms with van der Waals surface area (Å²) in [6, 6.07) is 14.9. The topological polar surface area (TPSA) is 105 Å². The van der Waals surface area contributed by atoms with E-state index in [0.29, 0.717) is 18.8 Å². The third-order valence-electron chi connectivity index (χ3n) is 6.49. The maximum atomic E-state index is 12.5. The number of amides is 2. The minimum Gasteiger partial charge on any atom is -0.480 e. The zero-order valence-electron chi connectivity index (χ0n) is 18.8. The van der Waals surface area contributed by atoms with E-state index in [1.807, 2.05) is 31.2 Å². The molecule has 0 aliphatic heterocycles. The van der Waals surface area contributed by atoms with E-state index in [4.69, 9.17) is 4.74 Å². The number of rotatable bonds is 10. The van der Waals surface area contributed by atoms with Crippen molar-refractivity contribution in [3.8, 4) is 11.1 Å². The van der Waals surface area contributed by atoms with Gasteiger partial charge in [0, 0.05) is 18.4 Å². The average molecular weight is 451 g/mol. The maximum Gasteiger partial charge on any atom is 0.407 e. The number of ether oxygens (including phenoxy) is 1. The highest BCUT2D eigenvalue weighted by molar-refractivity contribution is 5.84. The van der Waals surface area contributed by atoms with E-state index in [1.54, 1.807) is 0 Å². The largest absolute Gasteiger partial charge is 0.480 e. The second-order valence-electron chi connectivity index (χ2n) is 8.92. The van der Waals surface area contributed by atoms with E-state index in [2.05, 4.69) is 34.9 Å². The van der Waals surface area contributed by atoms with Crippen molar-refractivity contribution < 1.29 is 24.2 Å². The van der Waals surface area contributed by atoms with E-state index in [-0.39, 0.29) is 24.9 Å². The van der Waals surface area contributed by atoms with Crippen molar-refractivity contribution in [1.82, 2.24) is 10.6 Å². The van der Waals surface area contributed by atoms with E-state index in [9.17, 15) is 19.5 Å². The van der Waals surface area contributed by atoms with Crippen molar-refractivity contribution in [3.63, 3.8) is 0 Å². The Kier molecular flexibility index (Phi) is 6.96. The summed E-state index contributed by atoms with van der Waals surface area (Å²) in [6.45, 7) is 2.06. The molecule has 7 nitrogen and oxygen atoms in total. The van der Waals surface area contributed by atoms with E-state index >= 15 is 0 Å². The van der Waals surface area contributed by atoms with Gasteiger partial charge in [0.15, 0.2) is 0 Å². The fraction of sp³-hybridized carbons (Fsp3) is 0.423. The summed E-state index contributed by atoms with van der Waals surface area (Å²) in [6.07, 6.45) is 2.44. The summed E-state index contributed by atoms with van der Waals surface area (Å²) in [4.78, 5) is 36.3. The monoisotopic (exact) mass is 450 g/mol. The van der Waals surface area contributed by atoms with Gasteiger partial charge in [-0.15, -0.1) is 0 Å². The van der Waals surface area contributed by atoms with Crippen LogP contribution in [0.25, 0.3) is 11.1 Å². The molecule has 2 amide bonds.